The quantitative estimate of drug-likeness (QED) is 0.385. The van der Waals surface area contributed by atoms with E-state index in [0.29, 0.717) is 21.5 Å². The van der Waals surface area contributed by atoms with Gasteiger partial charge >= 0.3 is 5.63 Å². The van der Waals surface area contributed by atoms with Crippen molar-refractivity contribution in [3.05, 3.63) is 44.8 Å². The highest BCUT2D eigenvalue weighted by Crippen LogP contribution is 2.27. The summed E-state index contributed by atoms with van der Waals surface area (Å²) >= 11 is 7.59. The minimum absolute atomic E-state index is 0.369. The van der Waals surface area contributed by atoms with Crippen LogP contribution in [0.1, 0.15) is 30.9 Å². The largest absolute Gasteiger partial charge is 0.423 e. The van der Waals surface area contributed by atoms with Gasteiger partial charge in [-0.25, -0.2) is 4.79 Å². The van der Waals surface area contributed by atoms with Crippen LogP contribution < -0.4 is 11.4 Å². The molecule has 0 radical (unpaired) electrons. The van der Waals surface area contributed by atoms with Crippen molar-refractivity contribution < 1.29 is 4.42 Å². The van der Waals surface area contributed by atoms with E-state index >= 15 is 0 Å². The number of nitrogens with zero attached hydrogens (tertiary/aromatic N) is 1. The highest BCUT2D eigenvalue weighted by Gasteiger charge is 2.09. The van der Waals surface area contributed by atoms with Crippen molar-refractivity contribution >= 4 is 39.5 Å². The SMILES string of the molecule is CCCCN=C(N)SCc1cc(=O)oc2cc(C)c(Cl)cc12. The van der Waals surface area contributed by atoms with Gasteiger partial charge in [0.25, 0.3) is 0 Å². The Morgan fingerprint density at radius 2 is 2.18 bits per heavy atom. The fourth-order valence-corrected chi connectivity index (χ4v) is 2.90. The minimum Gasteiger partial charge on any atom is -0.423 e. The second kappa shape index (κ2) is 7.70. The first-order chi connectivity index (χ1) is 10.5. The number of halogens is 1. The number of unbranched alkanes of at least 4 members (excludes halogenated alkanes) is 1. The molecule has 0 saturated heterocycles. The Balaban J connectivity index is 2.25. The summed E-state index contributed by atoms with van der Waals surface area (Å²) in [5, 5.41) is 2.02. The fraction of sp³-hybridized carbons (Fsp3) is 0.375. The zero-order valence-corrected chi connectivity index (χ0v) is 14.3. The van der Waals surface area contributed by atoms with Gasteiger partial charge in [0.15, 0.2) is 5.17 Å². The van der Waals surface area contributed by atoms with Gasteiger partial charge < -0.3 is 10.2 Å². The van der Waals surface area contributed by atoms with Crippen LogP contribution in [0, 0.1) is 6.92 Å². The molecule has 2 N–H and O–H groups in total. The van der Waals surface area contributed by atoms with Gasteiger partial charge in [0.05, 0.1) is 0 Å². The Bertz CT molecular complexity index is 756. The molecule has 6 heteroatoms. The van der Waals surface area contributed by atoms with Gasteiger partial charge in [-0.3, -0.25) is 4.99 Å². The predicted octanol–water partition coefficient (Wildman–Crippen LogP) is 4.10. The average molecular weight is 339 g/mol. The Hall–Kier alpha value is -1.46. The van der Waals surface area contributed by atoms with E-state index in [4.69, 9.17) is 21.8 Å². The molecule has 0 aliphatic carbocycles. The van der Waals surface area contributed by atoms with Gasteiger partial charge in [-0.05, 0) is 36.6 Å². The zero-order chi connectivity index (χ0) is 16.1. The molecule has 22 heavy (non-hydrogen) atoms. The lowest BCUT2D eigenvalue weighted by Gasteiger charge is -2.07. The minimum atomic E-state index is -0.369. The van der Waals surface area contributed by atoms with E-state index in [1.165, 1.54) is 17.8 Å². The van der Waals surface area contributed by atoms with Gasteiger partial charge in [0.2, 0.25) is 0 Å². The highest BCUT2D eigenvalue weighted by atomic mass is 35.5. The summed E-state index contributed by atoms with van der Waals surface area (Å²) in [4.78, 5) is 16.0. The molecule has 0 amide bonds. The molecule has 0 saturated carbocycles. The number of aryl methyl sites for hydroxylation is 1. The maximum atomic E-state index is 11.7. The molecule has 4 nitrogen and oxygen atoms in total. The topological polar surface area (TPSA) is 68.6 Å². The van der Waals surface area contributed by atoms with Gasteiger partial charge in [-0.1, -0.05) is 36.7 Å². The first-order valence-electron chi connectivity index (χ1n) is 7.17. The molecular weight excluding hydrogens is 320 g/mol. The molecule has 0 spiro atoms. The molecular formula is C16H19ClN2O2S. The van der Waals surface area contributed by atoms with Crippen molar-refractivity contribution in [1.82, 2.24) is 0 Å². The van der Waals surface area contributed by atoms with Gasteiger partial charge in [0.1, 0.15) is 5.58 Å². The second-order valence-corrected chi connectivity index (χ2v) is 6.45. The first-order valence-corrected chi connectivity index (χ1v) is 8.53. The van der Waals surface area contributed by atoms with Crippen molar-refractivity contribution in [2.24, 2.45) is 10.7 Å². The molecule has 1 heterocycles. The summed E-state index contributed by atoms with van der Waals surface area (Å²) in [6.45, 7) is 4.72. The second-order valence-electron chi connectivity index (χ2n) is 5.05. The van der Waals surface area contributed by atoms with Gasteiger partial charge in [0, 0.05) is 28.8 Å². The number of aliphatic imine (C=N–C) groups is 1. The highest BCUT2D eigenvalue weighted by molar-refractivity contribution is 8.13. The number of rotatable bonds is 5. The normalized spacial score (nSPS) is 12.0. The van der Waals surface area contributed by atoms with Crippen LogP contribution in [-0.4, -0.2) is 11.7 Å². The monoisotopic (exact) mass is 338 g/mol. The number of benzene rings is 1. The van der Waals surface area contributed by atoms with Crippen molar-refractivity contribution in [2.75, 3.05) is 6.54 Å². The maximum Gasteiger partial charge on any atom is 0.336 e. The number of hydrogen-bond acceptors (Lipinski definition) is 4. The van der Waals surface area contributed by atoms with E-state index < -0.39 is 0 Å². The van der Waals surface area contributed by atoms with E-state index in [1.54, 1.807) is 6.07 Å². The first kappa shape index (κ1) is 16.9. The third kappa shape index (κ3) is 4.27. The summed E-state index contributed by atoms with van der Waals surface area (Å²) in [6.07, 6.45) is 2.11. The van der Waals surface area contributed by atoms with E-state index in [9.17, 15) is 4.79 Å². The number of nitrogens with two attached hydrogens (primary N) is 1. The lowest BCUT2D eigenvalue weighted by Crippen LogP contribution is -2.08. The molecule has 1 aromatic carbocycles. The van der Waals surface area contributed by atoms with Crippen LogP contribution in [0.4, 0.5) is 0 Å². The molecule has 0 unspecified atom stereocenters. The van der Waals surface area contributed by atoms with E-state index in [-0.39, 0.29) is 5.63 Å². The lowest BCUT2D eigenvalue weighted by atomic mass is 10.1. The fourth-order valence-electron chi connectivity index (χ4n) is 2.01. The van der Waals surface area contributed by atoms with Crippen LogP contribution in [0.3, 0.4) is 0 Å². The molecule has 1 aromatic heterocycles. The number of amidine groups is 1. The van der Waals surface area contributed by atoms with Crippen molar-refractivity contribution in [1.29, 1.82) is 0 Å². The van der Waals surface area contributed by atoms with Crippen molar-refractivity contribution in [3.63, 3.8) is 0 Å². The van der Waals surface area contributed by atoms with Crippen LogP contribution in [0.15, 0.2) is 32.4 Å². The standard InChI is InChI=1S/C16H19ClN2O2S/c1-3-4-5-19-16(18)22-9-11-7-15(20)21-14-6-10(2)13(17)8-12(11)14/h6-8H,3-5,9H2,1-2H3,(H2,18,19). The molecule has 0 aliphatic rings. The molecule has 118 valence electrons. The number of hydrogen-bond donors (Lipinski definition) is 1. The van der Waals surface area contributed by atoms with Crippen LogP contribution >= 0.6 is 23.4 Å². The number of thioether (sulfide) groups is 1. The summed E-state index contributed by atoms with van der Waals surface area (Å²) < 4.78 is 5.24. The van der Waals surface area contributed by atoms with Gasteiger partial charge in [-0.15, -0.1) is 0 Å². The van der Waals surface area contributed by atoms with Gasteiger partial charge in [-0.2, -0.15) is 0 Å². The molecule has 0 atom stereocenters. The molecule has 2 aromatic rings. The smallest absolute Gasteiger partial charge is 0.336 e. The predicted molar refractivity (Wildman–Crippen MR) is 94.9 cm³/mol. The third-order valence-electron chi connectivity index (χ3n) is 3.26. The molecule has 2 rings (SSSR count). The van der Waals surface area contributed by atoms with E-state index in [2.05, 4.69) is 11.9 Å². The summed E-state index contributed by atoms with van der Waals surface area (Å²) in [5.74, 6) is 0.558. The third-order valence-corrected chi connectivity index (χ3v) is 4.55. The molecule has 0 aliphatic heterocycles. The van der Waals surface area contributed by atoms with Crippen LogP contribution in [-0.2, 0) is 5.75 Å². The van der Waals surface area contributed by atoms with E-state index in [0.717, 1.165) is 35.9 Å². The maximum absolute atomic E-state index is 11.7. The average Bonchev–Trinajstić information content (AvgIpc) is 2.47. The van der Waals surface area contributed by atoms with E-state index in [1.807, 2.05) is 13.0 Å². The Morgan fingerprint density at radius 1 is 1.41 bits per heavy atom. The summed E-state index contributed by atoms with van der Waals surface area (Å²) in [6, 6.07) is 5.10. The molecule has 0 bridgehead atoms. The Morgan fingerprint density at radius 3 is 2.91 bits per heavy atom. The zero-order valence-electron chi connectivity index (χ0n) is 12.7. The summed E-state index contributed by atoms with van der Waals surface area (Å²) in [7, 11) is 0. The molecule has 0 fully saturated rings. The number of fused-ring (bicyclic) bond motifs is 1. The van der Waals surface area contributed by atoms with Crippen molar-refractivity contribution in [3.8, 4) is 0 Å². The van der Waals surface area contributed by atoms with Crippen molar-refractivity contribution in [2.45, 2.75) is 32.4 Å². The summed E-state index contributed by atoms with van der Waals surface area (Å²) in [5.41, 5.74) is 7.79. The Kier molecular flexibility index (Phi) is 5.91. The van der Waals surface area contributed by atoms with Crippen LogP contribution in [0.2, 0.25) is 5.02 Å². The van der Waals surface area contributed by atoms with Crippen LogP contribution in [0.5, 0.6) is 0 Å². The van der Waals surface area contributed by atoms with Crippen LogP contribution in [0.25, 0.3) is 11.0 Å². The lowest BCUT2D eigenvalue weighted by molar-refractivity contribution is 0.559. The Labute approximate surface area is 138 Å².